The molecule has 4 rings (SSSR count). The highest BCUT2D eigenvalue weighted by molar-refractivity contribution is 7.15. The van der Waals surface area contributed by atoms with Crippen molar-refractivity contribution in [3.63, 3.8) is 0 Å². The lowest BCUT2D eigenvalue weighted by Crippen LogP contribution is -2.29. The van der Waals surface area contributed by atoms with Crippen LogP contribution in [0, 0.1) is 6.92 Å². The first-order valence-electron chi connectivity index (χ1n) is 11.4. The van der Waals surface area contributed by atoms with Crippen molar-refractivity contribution in [3.05, 3.63) is 75.3 Å². The smallest absolute Gasteiger partial charge is 0.301 e. The average molecular weight is 544 g/mol. The number of unbranched alkanes of at least 4 members (excludes halogenated alkanes) is 1. The van der Waals surface area contributed by atoms with E-state index in [4.69, 9.17) is 26.2 Å². The summed E-state index contributed by atoms with van der Waals surface area (Å²) in [6.45, 7) is 5.53. The standard InChI is InChI=1S/C24H22ClN3O4S.C2H4O2/c1-3-4-12-32-18-10-8-15(9-11-18)21(29)19-20(16-6-5-7-17(25)13-16)28(23(31)22(19)30)24-27-26-14(2)33-24;1-2(3)4/h5-11,13,20,29H,3-4,12H2,1-2H3;1H3,(H,3,4). The van der Waals surface area contributed by atoms with Gasteiger partial charge in [-0.2, -0.15) is 0 Å². The summed E-state index contributed by atoms with van der Waals surface area (Å²) in [5.41, 5.74) is 0.946. The molecule has 2 heterocycles. The maximum Gasteiger partial charge on any atom is 0.301 e. The summed E-state index contributed by atoms with van der Waals surface area (Å²) in [6, 6.07) is 12.7. The normalized spacial score (nSPS) is 16.3. The van der Waals surface area contributed by atoms with Crippen molar-refractivity contribution in [2.24, 2.45) is 0 Å². The Morgan fingerprint density at radius 3 is 2.38 bits per heavy atom. The number of aryl methyl sites for hydroxylation is 1. The average Bonchev–Trinajstić information content (AvgIpc) is 3.39. The van der Waals surface area contributed by atoms with E-state index in [-0.39, 0.29) is 16.5 Å². The summed E-state index contributed by atoms with van der Waals surface area (Å²) in [5.74, 6) is -2.02. The molecule has 1 aliphatic rings. The van der Waals surface area contributed by atoms with Gasteiger partial charge in [-0.3, -0.25) is 19.3 Å². The van der Waals surface area contributed by atoms with Gasteiger partial charge in [0.15, 0.2) is 0 Å². The topological polar surface area (TPSA) is 130 Å². The molecule has 2 aromatic carbocycles. The molecule has 1 saturated heterocycles. The van der Waals surface area contributed by atoms with Gasteiger partial charge in [-0.05, 0) is 55.3 Å². The van der Waals surface area contributed by atoms with Crippen molar-refractivity contribution in [3.8, 4) is 5.75 Å². The second-order valence-corrected chi connectivity index (χ2v) is 9.67. The second kappa shape index (κ2) is 12.5. The number of ketones is 1. The third-order valence-electron chi connectivity index (χ3n) is 5.22. The molecule has 1 atom stereocenters. The Morgan fingerprint density at radius 2 is 1.81 bits per heavy atom. The van der Waals surface area contributed by atoms with Crippen LogP contribution in [0.2, 0.25) is 5.02 Å². The number of anilines is 1. The Labute approximate surface area is 223 Å². The zero-order valence-electron chi connectivity index (χ0n) is 20.5. The molecule has 1 fully saturated rings. The number of aliphatic hydroxyl groups excluding tert-OH is 1. The number of benzene rings is 2. The highest BCUT2D eigenvalue weighted by atomic mass is 35.5. The third kappa shape index (κ3) is 6.72. The van der Waals surface area contributed by atoms with Gasteiger partial charge in [0, 0.05) is 17.5 Å². The number of aliphatic hydroxyl groups is 1. The predicted molar refractivity (Wildman–Crippen MR) is 141 cm³/mol. The van der Waals surface area contributed by atoms with Gasteiger partial charge in [0.25, 0.3) is 11.8 Å². The fourth-order valence-corrected chi connectivity index (χ4v) is 4.52. The van der Waals surface area contributed by atoms with Crippen molar-refractivity contribution in [1.82, 2.24) is 10.2 Å². The van der Waals surface area contributed by atoms with E-state index >= 15 is 0 Å². The molecule has 37 heavy (non-hydrogen) atoms. The van der Waals surface area contributed by atoms with E-state index in [1.54, 1.807) is 55.5 Å². The summed E-state index contributed by atoms with van der Waals surface area (Å²) in [7, 11) is 0. The number of Topliss-reactive ketones (excluding diaryl/α,β-unsaturated/α-hetero) is 1. The molecule has 0 spiro atoms. The molecule has 1 unspecified atom stereocenters. The van der Waals surface area contributed by atoms with E-state index in [0.29, 0.717) is 33.5 Å². The van der Waals surface area contributed by atoms with Crippen LogP contribution in [0.5, 0.6) is 5.75 Å². The molecular formula is C26H26ClN3O6S. The molecule has 0 aliphatic carbocycles. The number of nitrogens with zero attached hydrogens (tertiary/aromatic N) is 3. The number of hydrogen-bond acceptors (Lipinski definition) is 8. The SMILES string of the molecule is CC(=O)O.CCCCOc1ccc(C(O)=C2C(=O)C(=O)N(c3nnc(C)s3)C2c2cccc(Cl)c2)cc1. The van der Waals surface area contributed by atoms with Crippen molar-refractivity contribution in [1.29, 1.82) is 0 Å². The van der Waals surface area contributed by atoms with Crippen LogP contribution in [0.25, 0.3) is 5.76 Å². The lowest BCUT2D eigenvalue weighted by atomic mass is 9.95. The molecule has 3 aromatic rings. The fraction of sp³-hybridized carbons (Fsp3) is 0.269. The number of carboxylic acid groups (broad SMARTS) is 1. The maximum atomic E-state index is 13.1. The Bertz CT molecular complexity index is 1320. The maximum absolute atomic E-state index is 13.1. The zero-order valence-corrected chi connectivity index (χ0v) is 22.0. The largest absolute Gasteiger partial charge is 0.507 e. The van der Waals surface area contributed by atoms with Gasteiger partial charge < -0.3 is 14.9 Å². The van der Waals surface area contributed by atoms with Gasteiger partial charge in [-0.1, -0.05) is 48.4 Å². The van der Waals surface area contributed by atoms with Crippen LogP contribution in [0.4, 0.5) is 5.13 Å². The van der Waals surface area contributed by atoms with Crippen molar-refractivity contribution >= 4 is 51.5 Å². The van der Waals surface area contributed by atoms with E-state index < -0.39 is 23.7 Å². The van der Waals surface area contributed by atoms with E-state index in [1.807, 2.05) is 0 Å². The first-order chi connectivity index (χ1) is 17.6. The van der Waals surface area contributed by atoms with Gasteiger partial charge in [0.2, 0.25) is 5.13 Å². The van der Waals surface area contributed by atoms with E-state index in [9.17, 15) is 14.7 Å². The molecule has 0 bridgehead atoms. The molecule has 1 aromatic heterocycles. The summed E-state index contributed by atoms with van der Waals surface area (Å²) in [6.07, 6.45) is 1.96. The molecule has 1 aliphatic heterocycles. The van der Waals surface area contributed by atoms with E-state index in [2.05, 4.69) is 17.1 Å². The van der Waals surface area contributed by atoms with Gasteiger partial charge in [0.05, 0.1) is 18.2 Å². The van der Waals surface area contributed by atoms with Gasteiger partial charge in [-0.25, -0.2) is 0 Å². The monoisotopic (exact) mass is 543 g/mol. The Kier molecular flexibility index (Phi) is 9.37. The summed E-state index contributed by atoms with van der Waals surface area (Å²) < 4.78 is 5.67. The second-order valence-electron chi connectivity index (χ2n) is 8.07. The van der Waals surface area contributed by atoms with Gasteiger partial charge in [0.1, 0.15) is 16.5 Å². The minimum absolute atomic E-state index is 0.0326. The quantitative estimate of drug-likeness (QED) is 0.175. The first kappa shape index (κ1) is 27.8. The highest BCUT2D eigenvalue weighted by Gasteiger charge is 2.48. The number of hydrogen-bond donors (Lipinski definition) is 2. The molecule has 11 heteroatoms. The zero-order chi connectivity index (χ0) is 27.1. The lowest BCUT2D eigenvalue weighted by molar-refractivity contribution is -0.134. The van der Waals surface area contributed by atoms with Crippen molar-refractivity contribution in [2.75, 3.05) is 11.5 Å². The molecule has 1 amide bonds. The molecule has 0 saturated carbocycles. The summed E-state index contributed by atoms with van der Waals surface area (Å²) in [5, 5.41) is 28.0. The van der Waals surface area contributed by atoms with Crippen molar-refractivity contribution < 1.29 is 29.3 Å². The molecule has 0 radical (unpaired) electrons. The molecule has 194 valence electrons. The Balaban J connectivity index is 0.000000886. The number of rotatable bonds is 7. The number of ether oxygens (including phenoxy) is 1. The summed E-state index contributed by atoms with van der Waals surface area (Å²) >= 11 is 7.39. The van der Waals surface area contributed by atoms with Crippen LogP contribution >= 0.6 is 22.9 Å². The number of aliphatic carboxylic acids is 1. The number of aromatic nitrogens is 2. The van der Waals surface area contributed by atoms with E-state index in [0.717, 1.165) is 19.8 Å². The molecule has 2 N–H and O–H groups in total. The van der Waals surface area contributed by atoms with Gasteiger partial charge >= 0.3 is 5.91 Å². The number of amides is 1. The van der Waals surface area contributed by atoms with Crippen LogP contribution < -0.4 is 9.64 Å². The lowest BCUT2D eigenvalue weighted by Gasteiger charge is -2.22. The fourth-order valence-electron chi connectivity index (χ4n) is 3.60. The van der Waals surface area contributed by atoms with Crippen LogP contribution in [0.1, 0.15) is 48.9 Å². The van der Waals surface area contributed by atoms with Crippen LogP contribution in [0.3, 0.4) is 0 Å². The van der Waals surface area contributed by atoms with Gasteiger partial charge in [-0.15, -0.1) is 10.2 Å². The molecule has 9 nitrogen and oxygen atoms in total. The number of carboxylic acids is 1. The van der Waals surface area contributed by atoms with Crippen LogP contribution in [0.15, 0.2) is 54.1 Å². The molecular weight excluding hydrogens is 518 g/mol. The minimum Gasteiger partial charge on any atom is -0.507 e. The predicted octanol–water partition coefficient (Wildman–Crippen LogP) is 5.40. The minimum atomic E-state index is -0.892. The number of halogens is 1. The van der Waals surface area contributed by atoms with Crippen molar-refractivity contribution in [2.45, 2.75) is 39.7 Å². The van der Waals surface area contributed by atoms with E-state index in [1.165, 1.54) is 16.2 Å². The number of carbonyl (C=O) groups is 3. The van der Waals surface area contributed by atoms with Crippen LogP contribution in [-0.4, -0.2) is 44.7 Å². The van der Waals surface area contributed by atoms with Crippen LogP contribution in [-0.2, 0) is 14.4 Å². The third-order valence-corrected chi connectivity index (χ3v) is 6.30. The Morgan fingerprint density at radius 1 is 1.14 bits per heavy atom. The highest BCUT2D eigenvalue weighted by Crippen LogP contribution is 2.43. The number of carbonyl (C=O) groups excluding carboxylic acids is 2. The first-order valence-corrected chi connectivity index (χ1v) is 12.6. The summed E-state index contributed by atoms with van der Waals surface area (Å²) in [4.78, 5) is 36.4. The Hall–Kier alpha value is -3.76.